The molecule has 3 heteroatoms. The van der Waals surface area contributed by atoms with Crippen LogP contribution in [0, 0.1) is 0 Å². The van der Waals surface area contributed by atoms with Crippen molar-refractivity contribution in [2.45, 2.75) is 6.10 Å². The van der Waals surface area contributed by atoms with Crippen LogP contribution < -0.4 is 0 Å². The van der Waals surface area contributed by atoms with Gasteiger partial charge >= 0.3 is 73.5 Å². The molecular formula is C8H13AsO2. The summed E-state index contributed by atoms with van der Waals surface area (Å²) < 4.78 is 11.7. The van der Waals surface area contributed by atoms with Crippen molar-refractivity contribution in [3.63, 3.8) is 0 Å². The fraction of sp³-hybridized carbons (Fsp3) is 0.500. The Bertz CT molecular complexity index is 175. The SMILES string of the molecule is COCC(OC)C1=CC=C[AsH]1. The fourth-order valence-electron chi connectivity index (χ4n) is 0.981. The first kappa shape index (κ1) is 9.05. The van der Waals surface area contributed by atoms with Gasteiger partial charge in [-0.15, -0.1) is 0 Å². The van der Waals surface area contributed by atoms with E-state index in [0.717, 1.165) is 0 Å². The Morgan fingerprint density at radius 3 is 2.82 bits per heavy atom. The standard InChI is InChI=1S/C8H13AsO2/c1-10-6-8(11-2)7-4-3-5-9-7/h3-5,8-9H,6H2,1-2H3. The first-order chi connectivity index (χ1) is 5.38. The van der Waals surface area contributed by atoms with E-state index in [1.165, 1.54) is 4.36 Å². The van der Waals surface area contributed by atoms with Crippen LogP contribution in [0.1, 0.15) is 0 Å². The molecule has 0 amide bonds. The molecule has 2 unspecified atom stereocenters. The zero-order valence-electron chi connectivity index (χ0n) is 6.83. The summed E-state index contributed by atoms with van der Waals surface area (Å²) in [5.74, 6) is 0. The number of methoxy groups -OCH3 is 2. The van der Waals surface area contributed by atoms with Crippen LogP contribution in [0.4, 0.5) is 0 Å². The topological polar surface area (TPSA) is 18.5 Å². The van der Waals surface area contributed by atoms with Crippen molar-refractivity contribution in [3.8, 4) is 0 Å². The number of ether oxygens (including phenoxy) is 2. The molecule has 1 aliphatic rings. The van der Waals surface area contributed by atoms with Crippen LogP contribution >= 0.6 is 0 Å². The van der Waals surface area contributed by atoms with Crippen LogP contribution in [0.3, 0.4) is 0 Å². The second-order valence-electron chi connectivity index (χ2n) is 2.31. The molecule has 11 heavy (non-hydrogen) atoms. The van der Waals surface area contributed by atoms with Crippen molar-refractivity contribution in [1.82, 2.24) is 0 Å². The molecule has 2 atom stereocenters. The van der Waals surface area contributed by atoms with Crippen molar-refractivity contribution >= 4 is 15.8 Å². The summed E-state index contributed by atoms with van der Waals surface area (Å²) in [6.45, 7) is 0.674. The van der Waals surface area contributed by atoms with Crippen molar-refractivity contribution in [2.24, 2.45) is 0 Å². The van der Waals surface area contributed by atoms with E-state index in [-0.39, 0.29) is 21.9 Å². The van der Waals surface area contributed by atoms with E-state index >= 15 is 0 Å². The fourth-order valence-corrected chi connectivity index (χ4v) is 3.00. The van der Waals surface area contributed by atoms with E-state index in [4.69, 9.17) is 9.47 Å². The van der Waals surface area contributed by atoms with Crippen molar-refractivity contribution in [3.05, 3.63) is 21.4 Å². The van der Waals surface area contributed by atoms with Crippen molar-refractivity contribution in [2.75, 3.05) is 20.8 Å². The summed E-state index contributed by atoms with van der Waals surface area (Å²) in [6.07, 6.45) is 4.44. The van der Waals surface area contributed by atoms with E-state index in [2.05, 4.69) is 17.0 Å². The Balaban J connectivity index is 2.42. The van der Waals surface area contributed by atoms with E-state index in [0.29, 0.717) is 6.61 Å². The van der Waals surface area contributed by atoms with Crippen LogP contribution in [0.25, 0.3) is 0 Å². The molecule has 0 aliphatic carbocycles. The quantitative estimate of drug-likeness (QED) is 0.637. The number of allylic oxidation sites excluding steroid dienone is 2. The van der Waals surface area contributed by atoms with Crippen LogP contribution in [0.2, 0.25) is 0 Å². The number of hydrogen-bond acceptors (Lipinski definition) is 2. The van der Waals surface area contributed by atoms with E-state index in [9.17, 15) is 0 Å². The van der Waals surface area contributed by atoms with Gasteiger partial charge in [-0.1, -0.05) is 0 Å². The second kappa shape index (κ2) is 4.76. The van der Waals surface area contributed by atoms with Gasteiger partial charge in [0.25, 0.3) is 0 Å². The Kier molecular flexibility index (Phi) is 3.92. The van der Waals surface area contributed by atoms with Gasteiger partial charge in [0.2, 0.25) is 0 Å². The predicted molar refractivity (Wildman–Crippen MR) is 47.0 cm³/mol. The van der Waals surface area contributed by atoms with Crippen LogP contribution in [-0.2, 0) is 9.47 Å². The van der Waals surface area contributed by atoms with Gasteiger partial charge in [0.1, 0.15) is 0 Å². The van der Waals surface area contributed by atoms with E-state index in [1.54, 1.807) is 14.2 Å². The second-order valence-corrected chi connectivity index (χ2v) is 4.82. The number of rotatable bonds is 4. The average Bonchev–Trinajstić information content (AvgIpc) is 2.52. The van der Waals surface area contributed by atoms with Gasteiger partial charge in [0.05, 0.1) is 0 Å². The zero-order valence-corrected chi connectivity index (χ0v) is 8.93. The molecule has 0 aromatic heterocycles. The van der Waals surface area contributed by atoms with E-state index in [1.807, 2.05) is 0 Å². The van der Waals surface area contributed by atoms with Crippen molar-refractivity contribution in [1.29, 1.82) is 0 Å². The van der Waals surface area contributed by atoms with Crippen molar-refractivity contribution < 1.29 is 9.47 Å². The van der Waals surface area contributed by atoms with Gasteiger partial charge < -0.3 is 0 Å². The molecule has 1 rings (SSSR count). The minimum absolute atomic E-state index is 0.0312. The van der Waals surface area contributed by atoms with Gasteiger partial charge in [0.15, 0.2) is 0 Å². The van der Waals surface area contributed by atoms with Gasteiger partial charge in [-0.25, -0.2) is 0 Å². The van der Waals surface area contributed by atoms with Crippen LogP contribution in [-0.4, -0.2) is 42.7 Å². The average molecular weight is 216 g/mol. The van der Waals surface area contributed by atoms with Crippen LogP contribution in [0.15, 0.2) is 21.4 Å². The molecule has 1 aliphatic heterocycles. The molecule has 0 bridgehead atoms. The summed E-state index contributed by atoms with van der Waals surface area (Å²) in [5, 5.41) is 0. The molecule has 62 valence electrons. The Labute approximate surface area is 73.9 Å². The third-order valence-electron chi connectivity index (χ3n) is 1.57. The first-order valence-electron chi connectivity index (χ1n) is 3.53. The first-order valence-corrected chi connectivity index (χ1v) is 5.79. The summed E-state index contributed by atoms with van der Waals surface area (Å²) >= 11 is -0.0312. The zero-order chi connectivity index (χ0) is 8.10. The molecule has 0 aromatic rings. The summed E-state index contributed by atoms with van der Waals surface area (Å²) in [4.78, 5) is 2.25. The third-order valence-corrected chi connectivity index (χ3v) is 4.05. The minimum atomic E-state index is -0.0312. The maximum atomic E-state index is 5.27. The van der Waals surface area contributed by atoms with Gasteiger partial charge in [-0.3, -0.25) is 0 Å². The van der Waals surface area contributed by atoms with Gasteiger partial charge in [-0.05, 0) is 0 Å². The predicted octanol–water partition coefficient (Wildman–Crippen LogP) is 0.496. The van der Waals surface area contributed by atoms with Gasteiger partial charge in [-0.2, -0.15) is 0 Å². The summed E-state index contributed by atoms with van der Waals surface area (Å²) in [5.41, 5.74) is 0. The maximum absolute atomic E-state index is 5.27. The third kappa shape index (κ3) is 2.48. The summed E-state index contributed by atoms with van der Waals surface area (Å²) in [6, 6.07) is 0. The monoisotopic (exact) mass is 216 g/mol. The molecule has 0 N–H and O–H groups in total. The molecular weight excluding hydrogens is 203 g/mol. The van der Waals surface area contributed by atoms with Gasteiger partial charge in [0, 0.05) is 0 Å². The molecule has 1 heterocycles. The Morgan fingerprint density at radius 2 is 2.36 bits per heavy atom. The molecule has 0 fully saturated rings. The molecule has 0 saturated heterocycles. The Hall–Kier alpha value is -0.0416. The van der Waals surface area contributed by atoms with Crippen LogP contribution in [0.5, 0.6) is 0 Å². The molecule has 0 aromatic carbocycles. The molecule has 0 saturated carbocycles. The van der Waals surface area contributed by atoms with E-state index < -0.39 is 0 Å². The summed E-state index contributed by atoms with van der Waals surface area (Å²) in [7, 11) is 3.43. The molecule has 0 spiro atoms. The molecule has 0 radical (unpaired) electrons. The number of hydrogen-bond donors (Lipinski definition) is 0. The molecule has 2 nitrogen and oxygen atoms in total. The normalized spacial score (nSPS) is 20.7. The Morgan fingerprint density at radius 1 is 1.55 bits per heavy atom.